The molecule has 8 heteroatoms. The summed E-state index contributed by atoms with van der Waals surface area (Å²) in [6.45, 7) is 0.534. The van der Waals surface area contributed by atoms with Gasteiger partial charge < -0.3 is 14.2 Å². The molecule has 1 aliphatic rings. The van der Waals surface area contributed by atoms with Crippen LogP contribution in [0, 0.1) is 5.92 Å². The van der Waals surface area contributed by atoms with Crippen LogP contribution in [0.4, 0.5) is 0 Å². The van der Waals surface area contributed by atoms with E-state index in [1.807, 2.05) is 0 Å². The zero-order valence-electron chi connectivity index (χ0n) is 14.0. The smallest absolute Gasteiger partial charge is 0.260 e. The van der Waals surface area contributed by atoms with E-state index in [2.05, 4.69) is 4.98 Å². The fourth-order valence-corrected chi connectivity index (χ4v) is 3.24. The first-order valence-electron chi connectivity index (χ1n) is 7.77. The van der Waals surface area contributed by atoms with Crippen molar-refractivity contribution in [2.45, 2.75) is 17.2 Å². The van der Waals surface area contributed by atoms with Crippen molar-refractivity contribution in [2.75, 3.05) is 20.8 Å². The Bertz CT molecular complexity index is 852. The van der Waals surface area contributed by atoms with Gasteiger partial charge in [-0.1, -0.05) is 12.1 Å². The number of ether oxygens (including phenoxy) is 3. The van der Waals surface area contributed by atoms with Crippen LogP contribution in [-0.2, 0) is 10.0 Å². The zero-order chi connectivity index (χ0) is 18.0. The number of hydrogen-bond donors (Lipinski definition) is 1. The van der Waals surface area contributed by atoms with Gasteiger partial charge in [-0.05, 0) is 36.1 Å². The molecular weight excluding hydrogens is 344 g/mol. The zero-order valence-corrected chi connectivity index (χ0v) is 14.8. The number of hydrogen-bond acceptors (Lipinski definition) is 6. The third-order valence-electron chi connectivity index (χ3n) is 4.21. The summed E-state index contributed by atoms with van der Waals surface area (Å²) >= 11 is 0. The summed E-state index contributed by atoms with van der Waals surface area (Å²) in [4.78, 5) is 4.30. The summed E-state index contributed by atoms with van der Waals surface area (Å²) in [6.07, 6.45) is 0.987. The van der Waals surface area contributed by atoms with Crippen LogP contribution in [0.5, 0.6) is 17.5 Å². The van der Waals surface area contributed by atoms with Crippen molar-refractivity contribution < 1.29 is 22.6 Å². The fourth-order valence-electron chi connectivity index (χ4n) is 2.72. The Labute approximate surface area is 146 Å². The molecule has 1 aromatic carbocycles. The van der Waals surface area contributed by atoms with Crippen LogP contribution in [0.25, 0.3) is 0 Å². The normalized spacial score (nSPS) is 19.3. The number of nitrogens with two attached hydrogens (primary N) is 1. The van der Waals surface area contributed by atoms with E-state index in [1.54, 1.807) is 24.3 Å². The molecule has 0 amide bonds. The van der Waals surface area contributed by atoms with Gasteiger partial charge in [0, 0.05) is 12.0 Å². The average molecular weight is 364 g/mol. The van der Waals surface area contributed by atoms with Crippen LogP contribution in [0.3, 0.4) is 0 Å². The van der Waals surface area contributed by atoms with Gasteiger partial charge in [-0.25, -0.2) is 13.6 Å². The molecular formula is C17H20N2O5S. The monoisotopic (exact) mass is 364 g/mol. The molecule has 3 rings (SSSR count). The van der Waals surface area contributed by atoms with Gasteiger partial charge in [-0.3, -0.25) is 0 Å². The van der Waals surface area contributed by atoms with Crippen LogP contribution in [0.15, 0.2) is 41.3 Å². The van der Waals surface area contributed by atoms with Crippen molar-refractivity contribution >= 4 is 10.0 Å². The van der Waals surface area contributed by atoms with Gasteiger partial charge in [0.25, 0.3) is 5.88 Å². The van der Waals surface area contributed by atoms with Crippen molar-refractivity contribution in [3.05, 3.63) is 42.0 Å². The lowest BCUT2D eigenvalue weighted by Gasteiger charge is -2.10. The van der Waals surface area contributed by atoms with Gasteiger partial charge in [-0.2, -0.15) is 4.98 Å². The first-order chi connectivity index (χ1) is 11.9. The van der Waals surface area contributed by atoms with E-state index >= 15 is 0 Å². The van der Waals surface area contributed by atoms with Gasteiger partial charge in [0.1, 0.15) is 0 Å². The number of aromatic nitrogens is 1. The number of nitrogens with zero attached hydrogens (tertiary/aromatic N) is 1. The lowest BCUT2D eigenvalue weighted by atomic mass is 10.1. The first kappa shape index (κ1) is 17.5. The largest absolute Gasteiger partial charge is 0.488 e. The molecule has 0 saturated heterocycles. The molecule has 1 aliphatic carbocycles. The minimum Gasteiger partial charge on any atom is -0.488 e. The van der Waals surface area contributed by atoms with E-state index in [1.165, 1.54) is 26.4 Å². The predicted molar refractivity (Wildman–Crippen MR) is 91.5 cm³/mol. The molecule has 1 fully saturated rings. The van der Waals surface area contributed by atoms with Crippen LogP contribution in [0.1, 0.15) is 17.9 Å². The minimum absolute atomic E-state index is 0.124. The van der Waals surface area contributed by atoms with Crippen LogP contribution >= 0.6 is 0 Å². The van der Waals surface area contributed by atoms with Gasteiger partial charge in [0.2, 0.25) is 15.9 Å². The second-order valence-corrected chi connectivity index (χ2v) is 7.45. The molecule has 0 spiro atoms. The molecule has 7 nitrogen and oxygen atoms in total. The highest BCUT2D eigenvalue weighted by Gasteiger charge is 2.39. The topological polar surface area (TPSA) is 101 Å². The van der Waals surface area contributed by atoms with Crippen molar-refractivity contribution in [1.82, 2.24) is 4.98 Å². The number of benzene rings is 1. The lowest BCUT2D eigenvalue weighted by Crippen LogP contribution is -2.11. The van der Waals surface area contributed by atoms with E-state index in [9.17, 15) is 8.42 Å². The Morgan fingerprint density at radius 1 is 1.12 bits per heavy atom. The SMILES string of the molecule is COc1ccc(OC[C@@H]2C[C@H]2c2ccc(S(N)(=O)=O)cc2)c(OC)n1. The van der Waals surface area contributed by atoms with E-state index in [-0.39, 0.29) is 4.90 Å². The van der Waals surface area contributed by atoms with Gasteiger partial charge in [0.05, 0.1) is 25.7 Å². The van der Waals surface area contributed by atoms with Gasteiger partial charge >= 0.3 is 0 Å². The summed E-state index contributed by atoms with van der Waals surface area (Å²) in [5, 5.41) is 5.11. The number of pyridine rings is 1. The standard InChI is InChI=1S/C17H20N2O5S/c1-22-16-8-7-15(17(19-16)23-2)24-10-12-9-14(12)11-3-5-13(6-4-11)25(18,20)21/h3-8,12,14H,9-10H2,1-2H3,(H2,18,20,21)/t12-,14-/m0/s1. The number of primary sulfonamides is 1. The molecule has 0 unspecified atom stereocenters. The van der Waals surface area contributed by atoms with E-state index in [4.69, 9.17) is 19.3 Å². The van der Waals surface area contributed by atoms with Crippen molar-refractivity contribution in [3.8, 4) is 17.5 Å². The second kappa shape index (κ2) is 6.89. The van der Waals surface area contributed by atoms with Crippen LogP contribution in [0.2, 0.25) is 0 Å². The molecule has 0 aliphatic heterocycles. The van der Waals surface area contributed by atoms with Crippen molar-refractivity contribution in [3.63, 3.8) is 0 Å². The summed E-state index contributed by atoms with van der Waals surface area (Å²) in [5.74, 6) is 2.13. The van der Waals surface area contributed by atoms with Crippen LogP contribution in [-0.4, -0.2) is 34.2 Å². The molecule has 0 bridgehead atoms. The molecule has 1 aromatic heterocycles. The van der Waals surface area contributed by atoms with Gasteiger partial charge in [0.15, 0.2) is 5.75 Å². The van der Waals surface area contributed by atoms with Crippen molar-refractivity contribution in [1.29, 1.82) is 0 Å². The predicted octanol–water partition coefficient (Wildman–Crippen LogP) is 1.93. The second-order valence-electron chi connectivity index (χ2n) is 5.89. The highest BCUT2D eigenvalue weighted by atomic mass is 32.2. The summed E-state index contributed by atoms with van der Waals surface area (Å²) in [5.41, 5.74) is 1.08. The Morgan fingerprint density at radius 3 is 2.44 bits per heavy atom. The molecule has 2 aromatic rings. The van der Waals surface area contributed by atoms with Crippen LogP contribution < -0.4 is 19.3 Å². The number of methoxy groups -OCH3 is 2. The van der Waals surface area contributed by atoms with Crippen molar-refractivity contribution in [2.24, 2.45) is 11.1 Å². The quantitative estimate of drug-likeness (QED) is 0.806. The third-order valence-corrected chi connectivity index (χ3v) is 5.14. The third kappa shape index (κ3) is 4.02. The summed E-state index contributed by atoms with van der Waals surface area (Å²) in [7, 11) is -0.585. The first-order valence-corrected chi connectivity index (χ1v) is 9.31. The maximum Gasteiger partial charge on any atom is 0.260 e. The molecule has 2 atom stereocenters. The lowest BCUT2D eigenvalue weighted by molar-refractivity contribution is 0.270. The minimum atomic E-state index is -3.65. The highest BCUT2D eigenvalue weighted by molar-refractivity contribution is 7.89. The average Bonchev–Trinajstić information content (AvgIpc) is 3.39. The highest BCUT2D eigenvalue weighted by Crippen LogP contribution is 2.48. The molecule has 25 heavy (non-hydrogen) atoms. The fraction of sp³-hybridized carbons (Fsp3) is 0.353. The summed E-state index contributed by atoms with van der Waals surface area (Å²) < 4.78 is 38.7. The maximum absolute atomic E-state index is 11.3. The Kier molecular flexibility index (Phi) is 4.82. The summed E-state index contributed by atoms with van der Waals surface area (Å²) in [6, 6.07) is 10.2. The Hall–Kier alpha value is -2.32. The number of rotatable bonds is 7. The Morgan fingerprint density at radius 2 is 1.84 bits per heavy atom. The van der Waals surface area contributed by atoms with E-state index < -0.39 is 10.0 Å². The molecule has 0 radical (unpaired) electrons. The number of sulfonamides is 1. The molecule has 134 valence electrons. The molecule has 1 saturated carbocycles. The van der Waals surface area contributed by atoms with E-state index in [0.717, 1.165) is 12.0 Å². The van der Waals surface area contributed by atoms with E-state index in [0.29, 0.717) is 36.0 Å². The molecule has 1 heterocycles. The van der Waals surface area contributed by atoms with Gasteiger partial charge in [-0.15, -0.1) is 0 Å². The Balaban J connectivity index is 1.60. The molecule has 2 N–H and O–H groups in total. The maximum atomic E-state index is 11.3.